The third-order valence-electron chi connectivity index (χ3n) is 13.2. The van der Waals surface area contributed by atoms with Crippen molar-refractivity contribution in [2.75, 3.05) is 9.80 Å². The van der Waals surface area contributed by atoms with Crippen molar-refractivity contribution in [1.29, 1.82) is 0 Å². The predicted molar refractivity (Wildman–Crippen MR) is 274 cm³/mol. The van der Waals surface area contributed by atoms with Crippen molar-refractivity contribution in [2.24, 2.45) is 5.41 Å². The SMILES string of the molecule is CC(C)(C)C1=CN(c2[c-]c(C(c3[c-]c4c(cc3)c3ccccc3n4-c3cc(C(C)(C)C)ccn3)(c3ccccc3)c3ccccc3)cc(C(C)(C)C)c2)[CH-]N1c1ccc(C(C)(C)C)cc1.[Pt]. The van der Waals surface area contributed by atoms with E-state index in [9.17, 15) is 0 Å². The molecule has 6 aromatic carbocycles. The van der Waals surface area contributed by atoms with Gasteiger partial charge in [0.05, 0.1) is 0 Å². The fourth-order valence-corrected chi connectivity index (χ4v) is 9.42. The molecule has 1 aliphatic rings. The van der Waals surface area contributed by atoms with Crippen molar-refractivity contribution < 1.29 is 21.1 Å². The minimum Gasteiger partial charge on any atom is -0.500 e. The first-order valence-corrected chi connectivity index (χ1v) is 23.1. The molecule has 0 atom stereocenters. The van der Waals surface area contributed by atoms with Gasteiger partial charge in [0, 0.05) is 55.0 Å². The zero-order valence-corrected chi connectivity index (χ0v) is 43.0. The van der Waals surface area contributed by atoms with Crippen LogP contribution < -0.4 is 9.80 Å². The minimum atomic E-state index is -0.826. The summed E-state index contributed by atoms with van der Waals surface area (Å²) in [4.78, 5) is 9.68. The molecule has 1 aliphatic heterocycles. The number of pyridine rings is 1. The Morgan fingerprint density at radius 1 is 0.485 bits per heavy atom. The third kappa shape index (κ3) is 8.47. The Balaban J connectivity index is 0.00000592. The van der Waals surface area contributed by atoms with Crippen LogP contribution in [0.5, 0.6) is 0 Å². The molecule has 0 fully saturated rings. The van der Waals surface area contributed by atoms with Gasteiger partial charge in [0.1, 0.15) is 5.82 Å². The summed E-state index contributed by atoms with van der Waals surface area (Å²) in [7, 11) is 0. The summed E-state index contributed by atoms with van der Waals surface area (Å²) >= 11 is 0. The van der Waals surface area contributed by atoms with Crippen LogP contribution in [-0.4, -0.2) is 9.55 Å². The third-order valence-corrected chi connectivity index (χ3v) is 13.2. The summed E-state index contributed by atoms with van der Waals surface area (Å²) in [5.74, 6) is 0.884. The summed E-state index contributed by atoms with van der Waals surface area (Å²) in [6.45, 7) is 29.6. The summed E-state index contributed by atoms with van der Waals surface area (Å²) in [5.41, 5.74) is 12.4. The Morgan fingerprint density at radius 2 is 1.08 bits per heavy atom. The van der Waals surface area contributed by atoms with E-state index in [4.69, 9.17) is 4.98 Å². The van der Waals surface area contributed by atoms with Crippen LogP contribution in [0.2, 0.25) is 0 Å². The predicted octanol–water partition coefficient (Wildman–Crippen LogP) is 15.4. The second-order valence-electron chi connectivity index (χ2n) is 22.0. The number of nitrogens with zero attached hydrogens (tertiary/aromatic N) is 4. The van der Waals surface area contributed by atoms with Crippen molar-refractivity contribution in [1.82, 2.24) is 9.55 Å². The first-order chi connectivity index (χ1) is 30.7. The van der Waals surface area contributed by atoms with E-state index < -0.39 is 5.41 Å². The van der Waals surface area contributed by atoms with Gasteiger partial charge < -0.3 is 14.4 Å². The molecule has 0 aliphatic carbocycles. The van der Waals surface area contributed by atoms with Crippen LogP contribution >= 0.6 is 0 Å². The number of aromatic nitrogens is 2. The van der Waals surface area contributed by atoms with Gasteiger partial charge in [-0.1, -0.05) is 180 Å². The van der Waals surface area contributed by atoms with Gasteiger partial charge in [-0.25, -0.2) is 4.98 Å². The molecule has 0 radical (unpaired) electrons. The van der Waals surface area contributed by atoms with E-state index in [1.54, 1.807) is 0 Å². The number of hydrogen-bond donors (Lipinski definition) is 0. The fourth-order valence-electron chi connectivity index (χ4n) is 9.42. The van der Waals surface area contributed by atoms with Crippen molar-refractivity contribution in [3.8, 4) is 5.82 Å². The first-order valence-electron chi connectivity index (χ1n) is 23.1. The van der Waals surface area contributed by atoms with Gasteiger partial charge in [0.2, 0.25) is 0 Å². The molecule has 0 bridgehead atoms. The molecule has 0 unspecified atom stereocenters. The van der Waals surface area contributed by atoms with Crippen molar-refractivity contribution in [2.45, 2.75) is 105 Å². The number of rotatable bonds is 7. The standard InChI is InChI=1S/C61H63N4.Pt/c1-57(2,3)42-27-30-49(31-28-42)64-41-63(40-55(64)60(10,11)12)50-36-47(59(7,8)9)35-48(37-50)61(43-21-15-13-16-22-43,44-23-17-14-18-24-44)46-29-32-52-51-25-19-20-26-53(51)65(54(52)38-46)56-39-45(33-34-62-56)58(4,5)6;/h13-36,39-41H,1-12H3;/q-3;. The molecule has 8 aromatic rings. The van der Waals surface area contributed by atoms with Gasteiger partial charge in [-0.15, -0.1) is 34.9 Å². The van der Waals surface area contributed by atoms with E-state index in [0.29, 0.717) is 0 Å². The van der Waals surface area contributed by atoms with Crippen molar-refractivity contribution in [3.63, 3.8) is 0 Å². The largest absolute Gasteiger partial charge is 0.500 e. The summed E-state index contributed by atoms with van der Waals surface area (Å²) in [6.07, 6.45) is 4.26. The van der Waals surface area contributed by atoms with Crippen molar-refractivity contribution >= 4 is 33.2 Å². The average Bonchev–Trinajstić information content (AvgIpc) is 3.88. The second kappa shape index (κ2) is 17.2. The molecule has 5 heteroatoms. The smallest absolute Gasteiger partial charge is 0.135 e. The van der Waals surface area contributed by atoms with Crippen LogP contribution in [0, 0.1) is 24.2 Å². The van der Waals surface area contributed by atoms with E-state index in [1.165, 1.54) is 27.8 Å². The molecule has 0 N–H and O–H groups in total. The van der Waals surface area contributed by atoms with Crippen molar-refractivity contribution in [3.05, 3.63) is 221 Å². The van der Waals surface area contributed by atoms with E-state index in [1.807, 2.05) is 6.20 Å². The van der Waals surface area contributed by atoms with Gasteiger partial charge in [-0.05, 0) is 80.4 Å². The normalized spacial score (nSPS) is 13.9. The van der Waals surface area contributed by atoms with Crippen LogP contribution in [0.1, 0.15) is 122 Å². The van der Waals surface area contributed by atoms with Gasteiger partial charge in [0.15, 0.2) is 0 Å². The number of allylic oxidation sites excluding steroid dienone is 1. The van der Waals surface area contributed by atoms with Crippen LogP contribution in [-0.2, 0) is 42.7 Å². The molecule has 0 amide bonds. The Kier molecular flexibility index (Phi) is 12.2. The number of fused-ring (bicyclic) bond motifs is 3. The molecule has 2 aromatic heterocycles. The zero-order chi connectivity index (χ0) is 46.1. The molecule has 0 spiro atoms. The van der Waals surface area contributed by atoms with E-state index in [-0.39, 0.29) is 42.7 Å². The monoisotopic (exact) mass is 1050 g/mol. The van der Waals surface area contributed by atoms with E-state index in [2.05, 4.69) is 268 Å². The maximum absolute atomic E-state index is 5.04. The fraction of sp³-hybridized carbons (Fsp3) is 0.279. The molecule has 3 heterocycles. The van der Waals surface area contributed by atoms with Crippen LogP contribution in [0.3, 0.4) is 0 Å². The second-order valence-corrected chi connectivity index (χ2v) is 22.0. The number of anilines is 2. The molecule has 9 rings (SSSR count). The number of benzene rings is 6. The summed E-state index contributed by atoms with van der Waals surface area (Å²) in [6, 6.07) is 61.7. The summed E-state index contributed by atoms with van der Waals surface area (Å²) in [5, 5.41) is 2.31. The van der Waals surface area contributed by atoms with E-state index >= 15 is 0 Å². The summed E-state index contributed by atoms with van der Waals surface area (Å²) < 4.78 is 2.31. The van der Waals surface area contributed by atoms with Gasteiger partial charge >= 0.3 is 0 Å². The minimum absolute atomic E-state index is 0. The first kappa shape index (κ1) is 46.8. The van der Waals surface area contributed by atoms with Gasteiger partial charge in [-0.2, -0.15) is 35.9 Å². The van der Waals surface area contributed by atoms with Crippen LogP contribution in [0.4, 0.5) is 11.4 Å². The van der Waals surface area contributed by atoms with Crippen LogP contribution in [0.15, 0.2) is 164 Å². The van der Waals surface area contributed by atoms with Gasteiger partial charge in [-0.3, -0.25) is 0 Å². The maximum Gasteiger partial charge on any atom is 0.135 e. The molecule has 0 saturated heterocycles. The molecular formula is C61H63N4Pt-3. The molecule has 340 valence electrons. The topological polar surface area (TPSA) is 24.3 Å². The van der Waals surface area contributed by atoms with Crippen LogP contribution in [0.25, 0.3) is 27.6 Å². The molecule has 66 heavy (non-hydrogen) atoms. The Labute approximate surface area is 408 Å². The molecule has 4 nitrogen and oxygen atoms in total. The average molecular weight is 1050 g/mol. The van der Waals surface area contributed by atoms with Gasteiger partial charge in [0.25, 0.3) is 0 Å². The quantitative estimate of drug-likeness (QED) is 0.117. The maximum atomic E-state index is 5.04. The number of hydrogen-bond acceptors (Lipinski definition) is 3. The Morgan fingerprint density at radius 3 is 1.67 bits per heavy atom. The zero-order valence-electron chi connectivity index (χ0n) is 40.7. The Hall–Kier alpha value is -5.70. The molecule has 0 saturated carbocycles. The number of para-hydroxylation sites is 1. The van der Waals surface area contributed by atoms with E-state index in [0.717, 1.165) is 55.9 Å². The Bertz CT molecular complexity index is 3000. The molecular weight excluding hydrogens is 984 g/mol.